The van der Waals surface area contributed by atoms with E-state index in [9.17, 15) is 22.8 Å². The number of para-hydroxylation sites is 1. The molecule has 3 rings (SSSR count). The molecule has 11 heteroatoms. The van der Waals surface area contributed by atoms with E-state index in [-0.39, 0.29) is 11.4 Å². The molecule has 1 amide bonds. The lowest BCUT2D eigenvalue weighted by molar-refractivity contribution is -0.142. The number of carbonyl (C=O) groups excluding carboxylic acids is 2. The standard InChI is InChI=1S/C22H19F3N4O4/c1-2-32-19-6-4-3-5-15(19)7-10-21(31)33-12-20(30)28-17-11-16(22(23,24)25)8-9-18(17)29-14-26-13-27-29/h3-11,13-14H,2,12H2,1H3,(H,28,30)/b10-7+. The van der Waals surface area contributed by atoms with Crippen LogP contribution in [0.4, 0.5) is 18.9 Å². The van der Waals surface area contributed by atoms with Crippen LogP contribution < -0.4 is 10.1 Å². The molecule has 0 saturated carbocycles. The van der Waals surface area contributed by atoms with Crippen LogP contribution in [-0.4, -0.2) is 39.9 Å². The fourth-order valence-electron chi connectivity index (χ4n) is 2.78. The minimum Gasteiger partial charge on any atom is -0.493 e. The molecule has 2 aromatic carbocycles. The molecule has 0 aliphatic heterocycles. The van der Waals surface area contributed by atoms with Crippen molar-refractivity contribution in [3.63, 3.8) is 0 Å². The largest absolute Gasteiger partial charge is 0.493 e. The highest BCUT2D eigenvalue weighted by atomic mass is 19.4. The minimum absolute atomic E-state index is 0.160. The maximum Gasteiger partial charge on any atom is 0.416 e. The summed E-state index contributed by atoms with van der Waals surface area (Å²) >= 11 is 0. The van der Waals surface area contributed by atoms with Crippen LogP contribution in [0.5, 0.6) is 5.75 Å². The van der Waals surface area contributed by atoms with Gasteiger partial charge in [0.1, 0.15) is 18.4 Å². The van der Waals surface area contributed by atoms with Gasteiger partial charge in [-0.3, -0.25) is 4.79 Å². The summed E-state index contributed by atoms with van der Waals surface area (Å²) in [6.45, 7) is 1.57. The van der Waals surface area contributed by atoms with E-state index >= 15 is 0 Å². The summed E-state index contributed by atoms with van der Waals surface area (Å²) in [5, 5.41) is 6.18. The van der Waals surface area contributed by atoms with E-state index in [2.05, 4.69) is 15.4 Å². The third kappa shape index (κ3) is 6.42. The normalized spacial score (nSPS) is 11.4. The van der Waals surface area contributed by atoms with E-state index in [0.717, 1.165) is 24.3 Å². The van der Waals surface area contributed by atoms with Gasteiger partial charge in [0, 0.05) is 11.6 Å². The van der Waals surface area contributed by atoms with Crippen molar-refractivity contribution in [1.29, 1.82) is 0 Å². The number of amides is 1. The highest BCUT2D eigenvalue weighted by Gasteiger charge is 2.31. The van der Waals surface area contributed by atoms with E-state index < -0.39 is 30.2 Å². The monoisotopic (exact) mass is 460 g/mol. The number of hydrogen-bond acceptors (Lipinski definition) is 6. The Morgan fingerprint density at radius 1 is 1.18 bits per heavy atom. The lowest BCUT2D eigenvalue weighted by atomic mass is 10.1. The number of hydrogen-bond donors (Lipinski definition) is 1. The van der Waals surface area contributed by atoms with Crippen molar-refractivity contribution < 1.29 is 32.2 Å². The second kappa shape index (κ2) is 10.4. The third-order valence-electron chi connectivity index (χ3n) is 4.23. The van der Waals surface area contributed by atoms with Gasteiger partial charge in [-0.05, 0) is 37.3 Å². The second-order valence-electron chi connectivity index (χ2n) is 6.53. The van der Waals surface area contributed by atoms with Crippen molar-refractivity contribution in [3.05, 3.63) is 72.3 Å². The van der Waals surface area contributed by atoms with Gasteiger partial charge in [0.15, 0.2) is 6.61 Å². The zero-order valence-corrected chi connectivity index (χ0v) is 17.4. The van der Waals surface area contributed by atoms with Gasteiger partial charge in [-0.25, -0.2) is 14.5 Å². The van der Waals surface area contributed by atoms with E-state index in [0.29, 0.717) is 17.9 Å². The van der Waals surface area contributed by atoms with Crippen LogP contribution >= 0.6 is 0 Å². The Hall–Kier alpha value is -4.15. The molecule has 33 heavy (non-hydrogen) atoms. The number of esters is 1. The predicted molar refractivity (Wildman–Crippen MR) is 113 cm³/mol. The number of nitrogens with one attached hydrogen (secondary N) is 1. The smallest absolute Gasteiger partial charge is 0.416 e. The van der Waals surface area contributed by atoms with Crippen LogP contribution in [-0.2, 0) is 20.5 Å². The summed E-state index contributed by atoms with van der Waals surface area (Å²) in [4.78, 5) is 28.0. The third-order valence-corrected chi connectivity index (χ3v) is 4.23. The highest BCUT2D eigenvalue weighted by molar-refractivity contribution is 5.96. The molecule has 1 aromatic heterocycles. The average molecular weight is 460 g/mol. The maximum atomic E-state index is 13.1. The molecule has 0 saturated heterocycles. The number of carbonyl (C=O) groups is 2. The van der Waals surface area contributed by atoms with Crippen molar-refractivity contribution in [2.24, 2.45) is 0 Å². The Bertz CT molecular complexity index is 1140. The summed E-state index contributed by atoms with van der Waals surface area (Å²) in [5.41, 5.74) is -0.332. The van der Waals surface area contributed by atoms with Crippen molar-refractivity contribution in [2.75, 3.05) is 18.5 Å². The first kappa shape index (κ1) is 23.5. The van der Waals surface area contributed by atoms with Crippen LogP contribution in [0.1, 0.15) is 18.1 Å². The Balaban J connectivity index is 1.66. The van der Waals surface area contributed by atoms with Crippen molar-refractivity contribution >= 4 is 23.6 Å². The highest BCUT2D eigenvalue weighted by Crippen LogP contribution is 2.33. The van der Waals surface area contributed by atoms with E-state index in [4.69, 9.17) is 9.47 Å². The van der Waals surface area contributed by atoms with Crippen molar-refractivity contribution in [2.45, 2.75) is 13.1 Å². The lowest BCUT2D eigenvalue weighted by Gasteiger charge is -2.14. The fourth-order valence-corrected chi connectivity index (χ4v) is 2.78. The van der Waals surface area contributed by atoms with E-state index in [1.165, 1.54) is 23.4 Å². The Labute approximate surface area is 186 Å². The van der Waals surface area contributed by atoms with Crippen LogP contribution in [0.25, 0.3) is 11.8 Å². The molecule has 0 aliphatic carbocycles. The van der Waals surface area contributed by atoms with Gasteiger partial charge in [0.25, 0.3) is 5.91 Å². The number of alkyl halides is 3. The lowest BCUT2D eigenvalue weighted by Crippen LogP contribution is -2.21. The molecule has 0 fully saturated rings. The molecule has 1 N–H and O–H groups in total. The molecule has 0 bridgehead atoms. The Morgan fingerprint density at radius 2 is 1.97 bits per heavy atom. The molecular weight excluding hydrogens is 441 g/mol. The summed E-state index contributed by atoms with van der Waals surface area (Å²) in [6.07, 6.45) is 0.441. The van der Waals surface area contributed by atoms with Gasteiger partial charge in [-0.1, -0.05) is 18.2 Å². The molecule has 0 atom stereocenters. The molecule has 3 aromatic rings. The van der Waals surface area contributed by atoms with Crippen LogP contribution in [0, 0.1) is 0 Å². The molecule has 8 nitrogen and oxygen atoms in total. The predicted octanol–water partition coefficient (Wildman–Crippen LogP) is 3.88. The van der Waals surface area contributed by atoms with Gasteiger partial charge < -0.3 is 14.8 Å². The topological polar surface area (TPSA) is 95.3 Å². The molecule has 0 unspecified atom stereocenters. The molecular formula is C22H19F3N4O4. The number of anilines is 1. The number of rotatable bonds is 8. The zero-order chi connectivity index (χ0) is 23.8. The fraction of sp³-hybridized carbons (Fsp3) is 0.182. The van der Waals surface area contributed by atoms with Crippen LogP contribution in [0.3, 0.4) is 0 Å². The van der Waals surface area contributed by atoms with Gasteiger partial charge in [0.2, 0.25) is 0 Å². The van der Waals surface area contributed by atoms with Crippen molar-refractivity contribution in [3.8, 4) is 11.4 Å². The summed E-state index contributed by atoms with van der Waals surface area (Å²) in [6, 6.07) is 9.80. The Kier molecular flexibility index (Phi) is 7.44. The number of ether oxygens (including phenoxy) is 2. The van der Waals surface area contributed by atoms with E-state index in [1.807, 2.05) is 6.92 Å². The average Bonchev–Trinajstić information content (AvgIpc) is 3.31. The second-order valence-corrected chi connectivity index (χ2v) is 6.53. The quantitative estimate of drug-likeness (QED) is 0.405. The van der Waals surface area contributed by atoms with Gasteiger partial charge in [-0.15, -0.1) is 0 Å². The van der Waals surface area contributed by atoms with Crippen LogP contribution in [0.15, 0.2) is 61.2 Å². The summed E-state index contributed by atoms with van der Waals surface area (Å²) in [5.74, 6) is -1.06. The SMILES string of the molecule is CCOc1ccccc1/C=C/C(=O)OCC(=O)Nc1cc(C(F)(F)F)ccc1-n1cncn1. The first-order valence-corrected chi connectivity index (χ1v) is 9.70. The maximum absolute atomic E-state index is 13.1. The molecule has 0 aliphatic rings. The summed E-state index contributed by atoms with van der Waals surface area (Å²) < 4.78 is 50.8. The molecule has 0 radical (unpaired) electrons. The summed E-state index contributed by atoms with van der Waals surface area (Å²) in [7, 11) is 0. The number of aromatic nitrogens is 3. The van der Waals surface area contributed by atoms with E-state index in [1.54, 1.807) is 24.3 Å². The first-order chi connectivity index (χ1) is 15.8. The number of halogens is 3. The molecule has 1 heterocycles. The van der Waals surface area contributed by atoms with Gasteiger partial charge >= 0.3 is 12.1 Å². The van der Waals surface area contributed by atoms with Gasteiger partial charge in [-0.2, -0.15) is 18.3 Å². The number of benzene rings is 2. The Morgan fingerprint density at radius 3 is 2.67 bits per heavy atom. The minimum atomic E-state index is -4.62. The molecule has 172 valence electrons. The first-order valence-electron chi connectivity index (χ1n) is 9.70. The molecule has 0 spiro atoms. The van der Waals surface area contributed by atoms with Gasteiger partial charge in [0.05, 0.1) is 23.5 Å². The van der Waals surface area contributed by atoms with Crippen LogP contribution in [0.2, 0.25) is 0 Å². The zero-order valence-electron chi connectivity index (χ0n) is 17.4. The van der Waals surface area contributed by atoms with Crippen molar-refractivity contribution in [1.82, 2.24) is 14.8 Å². The number of nitrogens with zero attached hydrogens (tertiary/aromatic N) is 3.